The summed E-state index contributed by atoms with van der Waals surface area (Å²) in [4.78, 5) is 18.9. The number of non-ortho nitro benzene ring substituents is 1. The maximum Gasteiger partial charge on any atom is 0.270 e. The Labute approximate surface area is 109 Å². The van der Waals surface area contributed by atoms with Gasteiger partial charge in [0.15, 0.2) is 5.82 Å². The van der Waals surface area contributed by atoms with Gasteiger partial charge in [-0.25, -0.2) is 15.8 Å². The Morgan fingerprint density at radius 1 is 1.26 bits per heavy atom. The summed E-state index contributed by atoms with van der Waals surface area (Å²) in [6, 6.07) is 6.28. The average Bonchev–Trinajstić information content (AvgIpc) is 2.38. The van der Waals surface area contributed by atoms with E-state index in [1.165, 1.54) is 12.1 Å². The monoisotopic (exact) mass is 259 g/mol. The van der Waals surface area contributed by atoms with E-state index in [4.69, 9.17) is 5.84 Å². The molecular formula is C12H13N5O2. The van der Waals surface area contributed by atoms with Crippen LogP contribution in [0.1, 0.15) is 11.3 Å². The van der Waals surface area contributed by atoms with Crippen molar-refractivity contribution in [2.24, 2.45) is 5.84 Å². The number of hydrogen-bond acceptors (Lipinski definition) is 6. The van der Waals surface area contributed by atoms with E-state index in [2.05, 4.69) is 15.4 Å². The zero-order valence-electron chi connectivity index (χ0n) is 10.5. The summed E-state index contributed by atoms with van der Waals surface area (Å²) in [6.45, 7) is 3.65. The third kappa shape index (κ3) is 2.66. The Morgan fingerprint density at radius 2 is 2.00 bits per heavy atom. The molecular weight excluding hydrogens is 246 g/mol. The lowest BCUT2D eigenvalue weighted by atomic mass is 10.1. The lowest BCUT2D eigenvalue weighted by Gasteiger charge is -2.07. The molecule has 0 amide bonds. The van der Waals surface area contributed by atoms with Gasteiger partial charge in [-0.2, -0.15) is 0 Å². The van der Waals surface area contributed by atoms with E-state index in [0.29, 0.717) is 17.2 Å². The zero-order valence-corrected chi connectivity index (χ0v) is 10.5. The predicted molar refractivity (Wildman–Crippen MR) is 71.4 cm³/mol. The molecule has 0 bridgehead atoms. The number of nitrogens with two attached hydrogens (primary N) is 1. The Morgan fingerprint density at radius 3 is 2.63 bits per heavy atom. The topological polar surface area (TPSA) is 107 Å². The number of nitrogens with one attached hydrogen (secondary N) is 1. The van der Waals surface area contributed by atoms with Gasteiger partial charge < -0.3 is 5.43 Å². The number of aromatic nitrogens is 2. The highest BCUT2D eigenvalue weighted by molar-refractivity contribution is 5.65. The first kappa shape index (κ1) is 12.9. The predicted octanol–water partition coefficient (Wildman–Crippen LogP) is 1.95. The molecule has 0 aliphatic carbocycles. The third-order valence-corrected chi connectivity index (χ3v) is 2.67. The minimum Gasteiger partial charge on any atom is -0.308 e. The lowest BCUT2D eigenvalue weighted by Crippen LogP contribution is -2.10. The number of nitro benzene ring substituents is 1. The molecule has 2 aromatic rings. The van der Waals surface area contributed by atoms with Crippen molar-refractivity contribution in [2.75, 3.05) is 5.43 Å². The summed E-state index contributed by atoms with van der Waals surface area (Å²) in [5.41, 5.74) is 4.66. The summed E-state index contributed by atoms with van der Waals surface area (Å²) in [5.74, 6) is 6.21. The number of aryl methyl sites for hydroxylation is 2. The SMILES string of the molecule is Cc1cc(NN)nc(-c2cc([N+](=O)[O-])ccc2C)n1. The van der Waals surface area contributed by atoms with Crippen molar-refractivity contribution in [3.8, 4) is 11.4 Å². The molecule has 1 aromatic heterocycles. The van der Waals surface area contributed by atoms with Gasteiger partial charge in [0.05, 0.1) is 4.92 Å². The lowest BCUT2D eigenvalue weighted by molar-refractivity contribution is -0.384. The first-order chi connectivity index (χ1) is 9.01. The van der Waals surface area contributed by atoms with Gasteiger partial charge in [-0.05, 0) is 19.4 Å². The molecule has 19 heavy (non-hydrogen) atoms. The van der Waals surface area contributed by atoms with Crippen LogP contribution in [0.4, 0.5) is 11.5 Å². The first-order valence-corrected chi connectivity index (χ1v) is 5.59. The fourth-order valence-corrected chi connectivity index (χ4v) is 1.73. The highest BCUT2D eigenvalue weighted by Crippen LogP contribution is 2.26. The Kier molecular flexibility index (Phi) is 3.39. The minimum atomic E-state index is -0.444. The molecule has 0 spiro atoms. The fraction of sp³-hybridized carbons (Fsp3) is 0.167. The van der Waals surface area contributed by atoms with Crippen LogP contribution < -0.4 is 11.3 Å². The molecule has 3 N–H and O–H groups in total. The van der Waals surface area contributed by atoms with Crippen LogP contribution in [0.3, 0.4) is 0 Å². The van der Waals surface area contributed by atoms with E-state index < -0.39 is 4.92 Å². The Hall–Kier alpha value is -2.54. The molecule has 7 heteroatoms. The highest BCUT2D eigenvalue weighted by atomic mass is 16.6. The van der Waals surface area contributed by atoms with Crippen molar-refractivity contribution in [3.05, 3.63) is 45.6 Å². The van der Waals surface area contributed by atoms with Crippen LogP contribution in [0.15, 0.2) is 24.3 Å². The molecule has 0 atom stereocenters. The molecule has 1 aromatic carbocycles. The van der Waals surface area contributed by atoms with Crippen molar-refractivity contribution >= 4 is 11.5 Å². The Bertz CT molecular complexity index is 642. The van der Waals surface area contributed by atoms with Gasteiger partial charge in [-0.3, -0.25) is 10.1 Å². The number of anilines is 1. The van der Waals surface area contributed by atoms with E-state index in [0.717, 1.165) is 11.3 Å². The largest absolute Gasteiger partial charge is 0.308 e. The van der Waals surface area contributed by atoms with Crippen molar-refractivity contribution in [3.63, 3.8) is 0 Å². The molecule has 98 valence electrons. The number of hydrogen-bond donors (Lipinski definition) is 2. The smallest absolute Gasteiger partial charge is 0.270 e. The van der Waals surface area contributed by atoms with Crippen LogP contribution in [0.25, 0.3) is 11.4 Å². The average molecular weight is 259 g/mol. The normalized spacial score (nSPS) is 10.3. The van der Waals surface area contributed by atoms with Crippen LogP contribution >= 0.6 is 0 Å². The molecule has 0 unspecified atom stereocenters. The van der Waals surface area contributed by atoms with Crippen molar-refractivity contribution in [1.82, 2.24) is 9.97 Å². The number of rotatable bonds is 3. The van der Waals surface area contributed by atoms with Gasteiger partial charge in [0.25, 0.3) is 5.69 Å². The molecule has 1 heterocycles. The van der Waals surface area contributed by atoms with Crippen LogP contribution in [0, 0.1) is 24.0 Å². The maximum atomic E-state index is 10.8. The Balaban J connectivity index is 2.60. The molecule has 0 radical (unpaired) electrons. The maximum absolute atomic E-state index is 10.8. The van der Waals surface area contributed by atoms with Gasteiger partial charge >= 0.3 is 0 Å². The van der Waals surface area contributed by atoms with Crippen LogP contribution in [0.2, 0.25) is 0 Å². The standard InChI is InChI=1S/C12H13N5O2/c1-7-3-4-9(17(18)19)6-10(7)12-14-8(2)5-11(15-12)16-13/h3-6H,13H2,1-2H3,(H,14,15,16). The molecule has 0 fully saturated rings. The number of benzene rings is 1. The summed E-state index contributed by atoms with van der Waals surface area (Å²) in [6.07, 6.45) is 0. The number of nitrogen functional groups attached to an aromatic ring is 1. The van der Waals surface area contributed by atoms with E-state index >= 15 is 0 Å². The molecule has 0 aliphatic rings. The number of nitrogens with zero attached hydrogens (tertiary/aromatic N) is 3. The minimum absolute atomic E-state index is 0.00737. The van der Waals surface area contributed by atoms with Crippen LogP contribution in [-0.2, 0) is 0 Å². The van der Waals surface area contributed by atoms with Gasteiger partial charge in [-0.15, -0.1) is 0 Å². The van der Waals surface area contributed by atoms with Gasteiger partial charge in [0.2, 0.25) is 0 Å². The molecule has 0 saturated carbocycles. The second-order valence-corrected chi connectivity index (χ2v) is 4.12. The van der Waals surface area contributed by atoms with Crippen molar-refractivity contribution in [1.29, 1.82) is 0 Å². The quantitative estimate of drug-likeness (QED) is 0.495. The molecule has 2 rings (SSSR count). The van der Waals surface area contributed by atoms with Gasteiger partial charge in [0, 0.05) is 29.5 Å². The van der Waals surface area contributed by atoms with E-state index in [1.807, 2.05) is 6.92 Å². The third-order valence-electron chi connectivity index (χ3n) is 2.67. The molecule has 7 nitrogen and oxygen atoms in total. The van der Waals surface area contributed by atoms with Crippen molar-refractivity contribution < 1.29 is 4.92 Å². The molecule has 0 saturated heterocycles. The van der Waals surface area contributed by atoms with Crippen molar-refractivity contribution in [2.45, 2.75) is 13.8 Å². The first-order valence-electron chi connectivity index (χ1n) is 5.59. The summed E-state index contributed by atoms with van der Waals surface area (Å²) in [7, 11) is 0. The molecule has 0 aliphatic heterocycles. The van der Waals surface area contributed by atoms with Crippen LogP contribution in [0.5, 0.6) is 0 Å². The highest BCUT2D eigenvalue weighted by Gasteiger charge is 2.13. The fourth-order valence-electron chi connectivity index (χ4n) is 1.73. The second-order valence-electron chi connectivity index (χ2n) is 4.12. The summed E-state index contributed by atoms with van der Waals surface area (Å²) < 4.78 is 0. The number of hydrazine groups is 1. The summed E-state index contributed by atoms with van der Waals surface area (Å²) in [5, 5.41) is 10.8. The van der Waals surface area contributed by atoms with Crippen LogP contribution in [-0.4, -0.2) is 14.9 Å². The van der Waals surface area contributed by atoms with Gasteiger partial charge in [0.1, 0.15) is 5.82 Å². The van der Waals surface area contributed by atoms with E-state index in [1.54, 1.807) is 19.1 Å². The van der Waals surface area contributed by atoms with E-state index in [9.17, 15) is 10.1 Å². The number of nitro groups is 1. The van der Waals surface area contributed by atoms with Gasteiger partial charge in [-0.1, -0.05) is 6.07 Å². The van der Waals surface area contributed by atoms with E-state index in [-0.39, 0.29) is 5.69 Å². The zero-order chi connectivity index (χ0) is 14.0. The second kappa shape index (κ2) is 4.99. The summed E-state index contributed by atoms with van der Waals surface area (Å²) >= 11 is 0.